The third-order valence-corrected chi connectivity index (χ3v) is 11.0. The first-order valence-electron chi connectivity index (χ1n) is 19.1. The lowest BCUT2D eigenvalue weighted by atomic mass is 9.89. The SMILES string of the molecule is CC[C@H](C)[C@@H]([C@@H](CC(=O)N1C[C@H](OC)CC1[C@H](OC)[C@@H](C)C(=O)NCC(=N)c1ccc(F)cc1C)OC)N(C)C(=O)[C@@H](NC(=O)[C@@H](NC)C(C)C)C(C)C. The molecule has 1 aliphatic heterocycles. The highest BCUT2D eigenvalue weighted by Gasteiger charge is 2.45. The van der Waals surface area contributed by atoms with Crippen LogP contribution in [0.5, 0.6) is 0 Å². The lowest BCUT2D eigenvalue weighted by molar-refractivity contribution is -0.147. The van der Waals surface area contributed by atoms with Crippen LogP contribution < -0.4 is 16.0 Å². The monoisotopic (exact) mass is 763 g/mol. The number of ether oxygens (including phenoxy) is 3. The van der Waals surface area contributed by atoms with Gasteiger partial charge in [-0.2, -0.15) is 0 Å². The number of halogens is 1. The molecule has 13 nitrogen and oxygen atoms in total. The highest BCUT2D eigenvalue weighted by atomic mass is 19.1. The van der Waals surface area contributed by atoms with Gasteiger partial charge in [0.2, 0.25) is 23.6 Å². The van der Waals surface area contributed by atoms with Gasteiger partial charge in [0.05, 0.1) is 61.0 Å². The van der Waals surface area contributed by atoms with Crippen LogP contribution in [0, 0.1) is 41.8 Å². The van der Waals surface area contributed by atoms with E-state index in [1.54, 1.807) is 44.9 Å². The van der Waals surface area contributed by atoms with Crippen molar-refractivity contribution in [2.75, 3.05) is 48.5 Å². The number of nitrogens with one attached hydrogen (secondary N) is 4. The number of rotatable bonds is 21. The van der Waals surface area contributed by atoms with Crippen molar-refractivity contribution in [2.45, 2.75) is 117 Å². The number of benzene rings is 1. The minimum Gasteiger partial charge on any atom is -0.380 e. The summed E-state index contributed by atoms with van der Waals surface area (Å²) < 4.78 is 31.2. The van der Waals surface area contributed by atoms with Crippen molar-refractivity contribution < 1.29 is 37.8 Å². The molecule has 0 aromatic heterocycles. The van der Waals surface area contributed by atoms with Crippen molar-refractivity contribution in [2.24, 2.45) is 23.7 Å². The second kappa shape index (κ2) is 21.6. The zero-order valence-corrected chi connectivity index (χ0v) is 34.7. The van der Waals surface area contributed by atoms with Gasteiger partial charge in [-0.3, -0.25) is 19.2 Å². The van der Waals surface area contributed by atoms with Crippen molar-refractivity contribution in [3.63, 3.8) is 0 Å². The predicted molar refractivity (Wildman–Crippen MR) is 208 cm³/mol. The molecule has 14 heteroatoms. The van der Waals surface area contributed by atoms with Gasteiger partial charge in [0.1, 0.15) is 11.9 Å². The summed E-state index contributed by atoms with van der Waals surface area (Å²) in [4.78, 5) is 58.5. The van der Waals surface area contributed by atoms with E-state index in [1.807, 2.05) is 41.5 Å². The Labute approximate surface area is 322 Å². The Kier molecular flexibility index (Phi) is 18.7. The smallest absolute Gasteiger partial charge is 0.245 e. The Morgan fingerprint density at radius 2 is 1.63 bits per heavy atom. The maximum atomic E-state index is 14.3. The fourth-order valence-corrected chi connectivity index (χ4v) is 7.60. The topological polar surface area (TPSA) is 162 Å². The summed E-state index contributed by atoms with van der Waals surface area (Å²) in [5, 5.41) is 17.3. The van der Waals surface area contributed by atoms with E-state index in [4.69, 9.17) is 19.6 Å². The molecule has 9 atom stereocenters. The molecule has 1 unspecified atom stereocenters. The van der Waals surface area contributed by atoms with Gasteiger partial charge in [-0.1, -0.05) is 54.9 Å². The Hall–Kier alpha value is -3.46. The molecular formula is C40H67FN6O7. The summed E-state index contributed by atoms with van der Waals surface area (Å²) in [6, 6.07) is 1.89. The van der Waals surface area contributed by atoms with E-state index < -0.39 is 48.1 Å². The lowest BCUT2D eigenvalue weighted by Gasteiger charge is -2.41. The number of likely N-dealkylation sites (N-methyl/N-ethyl adjacent to an activating group) is 2. The highest BCUT2D eigenvalue weighted by molar-refractivity contribution is 6.02. The maximum absolute atomic E-state index is 14.3. The van der Waals surface area contributed by atoms with Crippen LogP contribution in [0.4, 0.5) is 4.39 Å². The lowest BCUT2D eigenvalue weighted by Crippen LogP contribution is -2.59. The number of amides is 4. The Morgan fingerprint density at radius 3 is 2.13 bits per heavy atom. The van der Waals surface area contributed by atoms with E-state index in [9.17, 15) is 23.6 Å². The molecule has 0 spiro atoms. The van der Waals surface area contributed by atoms with Crippen LogP contribution in [0.2, 0.25) is 0 Å². The Balaban J connectivity index is 2.30. The molecule has 1 fully saturated rings. The standard InChI is InChI=1S/C40H67FN6O7/c1-14-24(6)36(46(10)40(51)35(23(4)5)45-39(50)34(43-9)22(2)3)32(53-12)19-33(48)47-21-28(52-11)18-31(47)37(54-13)26(8)38(49)44-20-30(42)29-16-15-27(41)17-25(29)7/h15-17,22-24,26,28,31-32,34-37,42-43H,14,18-21H2,1-13H3,(H,44,49)(H,45,50)/t24-,26+,28+,31?,32+,34-,35-,36-,37+/m0/s1. The summed E-state index contributed by atoms with van der Waals surface area (Å²) in [6.45, 7) is 15.3. The molecule has 306 valence electrons. The molecule has 0 radical (unpaired) electrons. The summed E-state index contributed by atoms with van der Waals surface area (Å²) >= 11 is 0. The minimum absolute atomic E-state index is 0.0151. The zero-order valence-electron chi connectivity index (χ0n) is 34.7. The molecule has 4 N–H and O–H groups in total. The van der Waals surface area contributed by atoms with E-state index in [0.717, 1.165) is 0 Å². The van der Waals surface area contributed by atoms with Crippen molar-refractivity contribution in [3.8, 4) is 0 Å². The number of carbonyl (C=O) groups excluding carboxylic acids is 4. The van der Waals surface area contributed by atoms with Crippen LogP contribution in [0.25, 0.3) is 0 Å². The van der Waals surface area contributed by atoms with Crippen LogP contribution in [-0.2, 0) is 33.4 Å². The average molecular weight is 763 g/mol. The number of nitrogens with zero attached hydrogens (tertiary/aromatic N) is 2. The van der Waals surface area contributed by atoms with Crippen LogP contribution in [-0.4, -0.2) is 130 Å². The van der Waals surface area contributed by atoms with E-state index in [0.29, 0.717) is 24.0 Å². The third kappa shape index (κ3) is 11.8. The number of hydrogen-bond donors (Lipinski definition) is 4. The molecular weight excluding hydrogens is 695 g/mol. The molecule has 1 aliphatic rings. The second-order valence-corrected chi connectivity index (χ2v) is 15.4. The molecule has 4 amide bonds. The van der Waals surface area contributed by atoms with Gasteiger partial charge in [0, 0.05) is 40.5 Å². The van der Waals surface area contributed by atoms with Gasteiger partial charge < -0.3 is 45.4 Å². The molecule has 1 heterocycles. The number of methoxy groups -OCH3 is 3. The fourth-order valence-electron chi connectivity index (χ4n) is 7.60. The molecule has 1 saturated heterocycles. The Bertz CT molecular complexity index is 1430. The predicted octanol–water partition coefficient (Wildman–Crippen LogP) is 3.55. The number of likely N-dealkylation sites (tertiary alicyclic amines) is 1. The van der Waals surface area contributed by atoms with Gasteiger partial charge in [0.15, 0.2) is 0 Å². The first kappa shape index (κ1) is 46.7. The number of aryl methyl sites for hydroxylation is 1. The molecule has 1 aromatic rings. The van der Waals surface area contributed by atoms with Gasteiger partial charge in [-0.25, -0.2) is 4.39 Å². The number of hydrogen-bond acceptors (Lipinski definition) is 9. The molecule has 0 saturated carbocycles. The summed E-state index contributed by atoms with van der Waals surface area (Å²) in [5.41, 5.74) is 1.28. The van der Waals surface area contributed by atoms with Crippen LogP contribution in [0.1, 0.15) is 78.9 Å². The third-order valence-electron chi connectivity index (χ3n) is 11.0. The average Bonchev–Trinajstić information content (AvgIpc) is 3.56. The number of carbonyl (C=O) groups is 4. The molecule has 2 rings (SSSR count). The van der Waals surface area contributed by atoms with E-state index in [2.05, 4.69) is 16.0 Å². The molecule has 0 aliphatic carbocycles. The first-order valence-corrected chi connectivity index (χ1v) is 19.1. The molecule has 54 heavy (non-hydrogen) atoms. The van der Waals surface area contributed by atoms with Gasteiger partial charge in [0.25, 0.3) is 0 Å². The Morgan fingerprint density at radius 1 is 1.00 bits per heavy atom. The summed E-state index contributed by atoms with van der Waals surface area (Å²) in [6.07, 6.45) is -0.578. The summed E-state index contributed by atoms with van der Waals surface area (Å²) in [5.74, 6) is -2.45. The van der Waals surface area contributed by atoms with Gasteiger partial charge >= 0.3 is 0 Å². The van der Waals surface area contributed by atoms with Crippen LogP contribution in [0.15, 0.2) is 18.2 Å². The molecule has 0 bridgehead atoms. The quantitative estimate of drug-likeness (QED) is 0.138. The van der Waals surface area contributed by atoms with Crippen molar-refractivity contribution in [1.29, 1.82) is 5.41 Å². The van der Waals surface area contributed by atoms with Crippen LogP contribution in [0.3, 0.4) is 0 Å². The largest absolute Gasteiger partial charge is 0.380 e. The molecule has 1 aromatic carbocycles. The fraction of sp³-hybridized carbons (Fsp3) is 0.725. The zero-order chi connectivity index (χ0) is 41.0. The normalized spacial score (nSPS) is 19.8. The second-order valence-electron chi connectivity index (χ2n) is 15.4. The minimum atomic E-state index is -0.791. The van der Waals surface area contributed by atoms with Crippen molar-refractivity contribution >= 4 is 29.3 Å². The first-order chi connectivity index (χ1) is 25.4. The highest BCUT2D eigenvalue weighted by Crippen LogP contribution is 2.31. The van der Waals surface area contributed by atoms with Crippen molar-refractivity contribution in [1.82, 2.24) is 25.8 Å². The summed E-state index contributed by atoms with van der Waals surface area (Å²) in [7, 11) is 8.04. The van der Waals surface area contributed by atoms with Crippen molar-refractivity contribution in [3.05, 3.63) is 35.1 Å². The van der Waals surface area contributed by atoms with E-state index in [1.165, 1.54) is 32.4 Å². The maximum Gasteiger partial charge on any atom is 0.245 e. The van der Waals surface area contributed by atoms with Gasteiger partial charge in [-0.05, 0) is 61.9 Å². The van der Waals surface area contributed by atoms with Gasteiger partial charge in [-0.15, -0.1) is 0 Å². The van der Waals surface area contributed by atoms with Crippen LogP contribution >= 0.6 is 0 Å². The van der Waals surface area contributed by atoms with E-state index >= 15 is 0 Å². The van der Waals surface area contributed by atoms with E-state index in [-0.39, 0.29) is 72.7 Å².